The van der Waals surface area contributed by atoms with Crippen LogP contribution in [0.25, 0.3) is 0 Å². The average molecular weight is 442 g/mol. The molecule has 0 aromatic heterocycles. The molecule has 11 atom stereocenters. The highest BCUT2D eigenvalue weighted by molar-refractivity contribution is 5.26. The maximum Gasteiger partial charge on any atom is 0.0996 e. The quantitative estimate of drug-likeness (QED) is 0.467. The summed E-state index contributed by atoms with van der Waals surface area (Å²) in [6.07, 6.45) is 15.6. The van der Waals surface area contributed by atoms with Crippen LogP contribution < -0.4 is 0 Å². The lowest BCUT2D eigenvalue weighted by Gasteiger charge is -2.58. The summed E-state index contributed by atoms with van der Waals surface area (Å²) >= 11 is 0. The van der Waals surface area contributed by atoms with Gasteiger partial charge in [0.25, 0.3) is 0 Å². The van der Waals surface area contributed by atoms with Crippen molar-refractivity contribution in [2.24, 2.45) is 46.3 Å². The Morgan fingerprint density at radius 1 is 1.06 bits per heavy atom. The minimum atomic E-state index is -0.0997. The van der Waals surface area contributed by atoms with Crippen molar-refractivity contribution in [2.75, 3.05) is 13.3 Å². The lowest BCUT2D eigenvalue weighted by atomic mass is 9.47. The fraction of sp³-hybridized carbons (Fsp3) is 0.931. The number of ether oxygens (including phenoxy) is 1. The van der Waals surface area contributed by atoms with E-state index in [2.05, 4.69) is 38.7 Å². The van der Waals surface area contributed by atoms with E-state index in [-0.39, 0.29) is 6.10 Å². The summed E-state index contributed by atoms with van der Waals surface area (Å²) in [5, 5.41) is 10.3. The molecule has 2 heterocycles. The summed E-state index contributed by atoms with van der Waals surface area (Å²) in [4.78, 5) is 2.73. The first-order valence-electron chi connectivity index (χ1n) is 14.0. The molecule has 2 aliphatic heterocycles. The maximum atomic E-state index is 10.3. The molecule has 3 saturated carbocycles. The molecular weight excluding hydrogens is 394 g/mol. The summed E-state index contributed by atoms with van der Waals surface area (Å²) in [6.45, 7) is 12.4. The highest BCUT2D eigenvalue weighted by atomic mass is 16.5. The van der Waals surface area contributed by atoms with Crippen LogP contribution in [0.5, 0.6) is 0 Å². The molecule has 6 aliphatic rings. The van der Waals surface area contributed by atoms with E-state index in [0.29, 0.717) is 16.9 Å². The van der Waals surface area contributed by atoms with Gasteiger partial charge in [-0.15, -0.1) is 0 Å². The predicted molar refractivity (Wildman–Crippen MR) is 129 cm³/mol. The van der Waals surface area contributed by atoms with Gasteiger partial charge in [0.05, 0.1) is 18.9 Å². The van der Waals surface area contributed by atoms with Crippen molar-refractivity contribution in [3.8, 4) is 0 Å². The first kappa shape index (κ1) is 22.1. The van der Waals surface area contributed by atoms with Crippen LogP contribution in [-0.4, -0.2) is 41.5 Å². The third-order valence-electron chi connectivity index (χ3n) is 12.0. The largest absolute Gasteiger partial charge is 0.393 e. The summed E-state index contributed by atoms with van der Waals surface area (Å²) in [5.41, 5.74) is 2.38. The van der Waals surface area contributed by atoms with Gasteiger partial charge in [-0.2, -0.15) is 0 Å². The van der Waals surface area contributed by atoms with Crippen molar-refractivity contribution in [3.05, 3.63) is 11.6 Å². The molecule has 5 fully saturated rings. The van der Waals surface area contributed by atoms with Gasteiger partial charge in [-0.3, -0.25) is 4.90 Å². The molecule has 11 unspecified atom stereocenters. The topological polar surface area (TPSA) is 32.7 Å². The van der Waals surface area contributed by atoms with Crippen LogP contribution >= 0.6 is 0 Å². The molecule has 0 amide bonds. The Kier molecular flexibility index (Phi) is 5.40. The van der Waals surface area contributed by atoms with Gasteiger partial charge in [0.15, 0.2) is 0 Å². The van der Waals surface area contributed by atoms with Gasteiger partial charge in [0, 0.05) is 12.6 Å². The molecule has 3 nitrogen and oxygen atoms in total. The van der Waals surface area contributed by atoms with Crippen LogP contribution in [0.3, 0.4) is 0 Å². The molecule has 0 spiro atoms. The summed E-state index contributed by atoms with van der Waals surface area (Å²) in [5.74, 6) is 4.74. The standard InChI is InChI=1S/C29H47NO2/c1-18-6-5-7-25-19(2)27-26(32-17-30(25)16-18)15-24-22-9-8-20-14-21(31)10-12-28(20,3)23(22)11-13-29(24,27)4/h8,18-19,21-27,31H,5-7,9-17H2,1-4H3. The fourth-order valence-corrected chi connectivity index (χ4v) is 10.4. The van der Waals surface area contributed by atoms with Gasteiger partial charge in [-0.1, -0.05) is 45.8 Å². The number of fused-ring (bicyclic) bond motifs is 8. The van der Waals surface area contributed by atoms with E-state index in [0.717, 1.165) is 61.1 Å². The number of hydrogen-bond acceptors (Lipinski definition) is 3. The predicted octanol–water partition coefficient (Wildman–Crippen LogP) is 6.02. The van der Waals surface area contributed by atoms with Crippen molar-refractivity contribution in [1.82, 2.24) is 4.90 Å². The van der Waals surface area contributed by atoms with Crippen LogP contribution in [0.1, 0.15) is 91.9 Å². The van der Waals surface area contributed by atoms with E-state index in [9.17, 15) is 5.11 Å². The van der Waals surface area contributed by atoms with Crippen LogP contribution in [-0.2, 0) is 4.74 Å². The van der Waals surface area contributed by atoms with E-state index in [4.69, 9.17) is 4.74 Å². The molecule has 32 heavy (non-hydrogen) atoms. The van der Waals surface area contributed by atoms with Gasteiger partial charge in [0.1, 0.15) is 0 Å². The Morgan fingerprint density at radius 3 is 2.75 bits per heavy atom. The second kappa shape index (κ2) is 7.82. The zero-order valence-electron chi connectivity index (χ0n) is 21.1. The molecular formula is C29H47NO2. The second-order valence-corrected chi connectivity index (χ2v) is 13.5. The lowest BCUT2D eigenvalue weighted by molar-refractivity contribution is -0.0632. The van der Waals surface area contributed by atoms with Crippen LogP contribution in [0.4, 0.5) is 0 Å². The minimum Gasteiger partial charge on any atom is -0.393 e. The van der Waals surface area contributed by atoms with Gasteiger partial charge in [-0.05, 0) is 104 Å². The number of nitrogens with zero attached hydrogens (tertiary/aromatic N) is 1. The molecule has 4 aliphatic carbocycles. The van der Waals surface area contributed by atoms with Crippen molar-refractivity contribution in [2.45, 2.75) is 110 Å². The van der Waals surface area contributed by atoms with Gasteiger partial charge >= 0.3 is 0 Å². The van der Waals surface area contributed by atoms with E-state index in [1.807, 2.05) is 0 Å². The van der Waals surface area contributed by atoms with Crippen molar-refractivity contribution in [1.29, 1.82) is 0 Å². The molecule has 0 aromatic carbocycles. The van der Waals surface area contributed by atoms with Crippen LogP contribution in [0, 0.1) is 46.3 Å². The molecule has 2 saturated heterocycles. The SMILES string of the molecule is CC1CCCC2C(C)C3C(CC4C5CC=C6CC(O)CCC6(C)C5CCC43C)OCN2C1. The summed E-state index contributed by atoms with van der Waals surface area (Å²) in [7, 11) is 0. The zero-order valence-corrected chi connectivity index (χ0v) is 21.1. The normalized spacial score (nSPS) is 55.9. The molecule has 0 radical (unpaired) electrons. The van der Waals surface area contributed by atoms with Crippen LogP contribution in [0.15, 0.2) is 11.6 Å². The van der Waals surface area contributed by atoms with Crippen molar-refractivity contribution < 1.29 is 9.84 Å². The highest BCUT2D eigenvalue weighted by Gasteiger charge is 2.63. The number of aliphatic hydroxyl groups excluding tert-OH is 1. The van der Waals surface area contributed by atoms with E-state index in [1.165, 1.54) is 57.9 Å². The maximum absolute atomic E-state index is 10.3. The van der Waals surface area contributed by atoms with Crippen LogP contribution in [0.2, 0.25) is 0 Å². The number of allylic oxidation sites excluding steroid dienone is 1. The summed E-state index contributed by atoms with van der Waals surface area (Å²) < 4.78 is 6.83. The van der Waals surface area contributed by atoms with E-state index in [1.54, 1.807) is 5.57 Å². The number of rotatable bonds is 0. The Hall–Kier alpha value is -0.380. The second-order valence-electron chi connectivity index (χ2n) is 13.5. The Morgan fingerprint density at radius 2 is 1.91 bits per heavy atom. The number of hydrogen-bond donors (Lipinski definition) is 1. The molecule has 6 rings (SSSR count). The monoisotopic (exact) mass is 441 g/mol. The highest BCUT2D eigenvalue weighted by Crippen LogP contribution is 2.68. The molecule has 0 aromatic rings. The molecule has 3 heteroatoms. The third kappa shape index (κ3) is 3.16. The third-order valence-corrected chi connectivity index (χ3v) is 12.0. The first-order chi connectivity index (χ1) is 15.3. The van der Waals surface area contributed by atoms with Crippen molar-refractivity contribution in [3.63, 3.8) is 0 Å². The number of aliphatic hydroxyl groups is 1. The van der Waals surface area contributed by atoms with Gasteiger partial charge in [0.2, 0.25) is 0 Å². The Balaban J connectivity index is 1.30. The zero-order chi connectivity index (χ0) is 22.3. The molecule has 1 N–H and O–H groups in total. The average Bonchev–Trinajstić information content (AvgIpc) is 2.84. The van der Waals surface area contributed by atoms with Gasteiger partial charge in [-0.25, -0.2) is 0 Å². The Bertz CT molecular complexity index is 764. The molecule has 0 bridgehead atoms. The van der Waals surface area contributed by atoms with Crippen molar-refractivity contribution >= 4 is 0 Å². The van der Waals surface area contributed by atoms with E-state index >= 15 is 0 Å². The van der Waals surface area contributed by atoms with Gasteiger partial charge < -0.3 is 9.84 Å². The smallest absolute Gasteiger partial charge is 0.0996 e. The first-order valence-corrected chi connectivity index (χ1v) is 14.0. The minimum absolute atomic E-state index is 0.0997. The summed E-state index contributed by atoms with van der Waals surface area (Å²) in [6, 6.07) is 0.721. The lowest BCUT2D eigenvalue weighted by Crippen LogP contribution is -2.52. The Labute approximate surface area is 196 Å². The fourth-order valence-electron chi connectivity index (χ4n) is 10.4. The molecule has 180 valence electrons. The van der Waals surface area contributed by atoms with E-state index < -0.39 is 0 Å².